The van der Waals surface area contributed by atoms with Crippen molar-refractivity contribution in [3.8, 4) is 16.9 Å². The maximum Gasteiger partial charge on any atom is 0.260 e. The zero-order valence-corrected chi connectivity index (χ0v) is 19.3. The van der Waals surface area contributed by atoms with Crippen LogP contribution in [0.15, 0.2) is 77.4 Å². The number of nitrogens with one attached hydrogen (secondary N) is 1. The zero-order chi connectivity index (χ0) is 23.2. The van der Waals surface area contributed by atoms with Crippen LogP contribution in [0.4, 0.5) is 0 Å². The van der Waals surface area contributed by atoms with E-state index in [0.717, 1.165) is 16.7 Å². The topological polar surface area (TPSA) is 78.5 Å². The highest BCUT2D eigenvalue weighted by atomic mass is 32.1. The Morgan fingerprint density at radius 3 is 2.70 bits per heavy atom. The van der Waals surface area contributed by atoms with Gasteiger partial charge in [-0.05, 0) is 30.2 Å². The Balaban J connectivity index is 1.49. The molecular formula is C26H27N3O3S. The predicted octanol–water partition coefficient (Wildman–Crippen LogP) is 4.39. The monoisotopic (exact) mass is 461 g/mol. The number of hydrogen-bond acceptors (Lipinski definition) is 6. The van der Waals surface area contributed by atoms with Crippen molar-refractivity contribution in [3.05, 3.63) is 94.4 Å². The summed E-state index contributed by atoms with van der Waals surface area (Å²) in [5.74, 6) is 1.27. The largest absolute Gasteiger partial charge is 0.491 e. The van der Waals surface area contributed by atoms with Crippen LogP contribution in [0, 0.1) is 6.92 Å². The summed E-state index contributed by atoms with van der Waals surface area (Å²) in [7, 11) is 0. The van der Waals surface area contributed by atoms with Crippen LogP contribution in [0.5, 0.6) is 5.75 Å². The lowest BCUT2D eigenvalue weighted by Crippen LogP contribution is -2.36. The molecule has 4 aromatic rings. The molecule has 7 heteroatoms. The molecule has 6 nitrogen and oxygen atoms in total. The van der Waals surface area contributed by atoms with Crippen LogP contribution < -0.4 is 10.3 Å². The molecule has 2 N–H and O–H groups in total. The molecule has 0 fully saturated rings. The lowest BCUT2D eigenvalue weighted by Gasteiger charge is -2.23. The van der Waals surface area contributed by atoms with E-state index in [1.165, 1.54) is 11.3 Å². The van der Waals surface area contributed by atoms with Gasteiger partial charge in [-0.2, -0.15) is 0 Å². The molecule has 0 radical (unpaired) electrons. The van der Waals surface area contributed by atoms with Gasteiger partial charge in [0, 0.05) is 24.0 Å². The Kier molecular flexibility index (Phi) is 7.34. The molecule has 2 aromatic heterocycles. The molecule has 0 amide bonds. The molecule has 0 spiro atoms. The number of nitrogens with zero attached hydrogens (tertiary/aromatic N) is 2. The molecule has 0 saturated heterocycles. The second-order valence-electron chi connectivity index (χ2n) is 7.92. The molecule has 33 heavy (non-hydrogen) atoms. The van der Waals surface area contributed by atoms with Crippen molar-refractivity contribution < 1.29 is 9.84 Å². The van der Waals surface area contributed by atoms with Crippen LogP contribution in [0.25, 0.3) is 21.3 Å². The SMILES string of the molecule is C=CCN(Cc1nc2scc(-c3ccccc3C)c2c(=O)[nH]1)CC(O)COc1ccccc1. The average molecular weight is 462 g/mol. The third kappa shape index (κ3) is 5.57. The van der Waals surface area contributed by atoms with Gasteiger partial charge in [0.15, 0.2) is 0 Å². The van der Waals surface area contributed by atoms with Gasteiger partial charge in [-0.25, -0.2) is 4.98 Å². The highest BCUT2D eigenvalue weighted by molar-refractivity contribution is 7.17. The number of para-hydroxylation sites is 1. The van der Waals surface area contributed by atoms with Crippen molar-refractivity contribution >= 4 is 21.6 Å². The lowest BCUT2D eigenvalue weighted by atomic mass is 10.0. The first kappa shape index (κ1) is 22.9. The normalized spacial score (nSPS) is 12.2. The minimum Gasteiger partial charge on any atom is -0.491 e. The molecule has 2 heterocycles. The van der Waals surface area contributed by atoms with Crippen LogP contribution >= 0.6 is 11.3 Å². The summed E-state index contributed by atoms with van der Waals surface area (Å²) >= 11 is 1.47. The van der Waals surface area contributed by atoms with Gasteiger partial charge in [0.1, 0.15) is 29.1 Å². The summed E-state index contributed by atoms with van der Waals surface area (Å²) in [6.07, 6.45) is 1.07. The molecule has 0 aliphatic carbocycles. The quantitative estimate of drug-likeness (QED) is 0.343. The third-order valence-electron chi connectivity index (χ3n) is 5.34. The van der Waals surface area contributed by atoms with Gasteiger partial charge in [-0.15, -0.1) is 17.9 Å². The summed E-state index contributed by atoms with van der Waals surface area (Å²) in [6.45, 7) is 7.31. The van der Waals surface area contributed by atoms with E-state index in [4.69, 9.17) is 9.72 Å². The second-order valence-corrected chi connectivity index (χ2v) is 8.78. The van der Waals surface area contributed by atoms with Crippen LogP contribution in [-0.4, -0.2) is 45.8 Å². The second kappa shape index (κ2) is 10.6. The van der Waals surface area contributed by atoms with Crippen molar-refractivity contribution in [3.63, 3.8) is 0 Å². The number of aryl methyl sites for hydroxylation is 1. The summed E-state index contributed by atoms with van der Waals surface area (Å²) in [5, 5.41) is 13.1. The minimum atomic E-state index is -0.699. The molecule has 0 aliphatic rings. The van der Waals surface area contributed by atoms with E-state index in [0.29, 0.717) is 41.4 Å². The third-order valence-corrected chi connectivity index (χ3v) is 6.22. The number of aromatic nitrogens is 2. The summed E-state index contributed by atoms with van der Waals surface area (Å²) in [5.41, 5.74) is 2.91. The van der Waals surface area contributed by atoms with E-state index in [-0.39, 0.29) is 12.2 Å². The number of fused-ring (bicyclic) bond motifs is 1. The van der Waals surface area contributed by atoms with E-state index >= 15 is 0 Å². The van der Waals surface area contributed by atoms with Crippen molar-refractivity contribution in [2.24, 2.45) is 0 Å². The molecule has 0 saturated carbocycles. The van der Waals surface area contributed by atoms with E-state index in [9.17, 15) is 9.90 Å². The number of aromatic amines is 1. The molecule has 0 bridgehead atoms. The van der Waals surface area contributed by atoms with Crippen LogP contribution in [0.1, 0.15) is 11.4 Å². The Morgan fingerprint density at radius 2 is 1.94 bits per heavy atom. The molecular weight excluding hydrogens is 434 g/mol. The molecule has 1 atom stereocenters. The van der Waals surface area contributed by atoms with Gasteiger partial charge >= 0.3 is 0 Å². The highest BCUT2D eigenvalue weighted by Gasteiger charge is 2.17. The average Bonchev–Trinajstić information content (AvgIpc) is 3.23. The van der Waals surface area contributed by atoms with Crippen molar-refractivity contribution in [1.29, 1.82) is 0 Å². The summed E-state index contributed by atoms with van der Waals surface area (Å²) in [4.78, 5) is 23.3. The fraction of sp³-hybridized carbons (Fsp3) is 0.231. The van der Waals surface area contributed by atoms with Crippen molar-refractivity contribution in [1.82, 2.24) is 14.9 Å². The molecule has 1 unspecified atom stereocenters. The van der Waals surface area contributed by atoms with Crippen LogP contribution in [-0.2, 0) is 6.54 Å². The van der Waals surface area contributed by atoms with E-state index in [1.54, 1.807) is 6.08 Å². The Hall–Kier alpha value is -3.26. The number of hydrogen-bond donors (Lipinski definition) is 2. The first-order valence-electron chi connectivity index (χ1n) is 10.8. The molecule has 0 aliphatic heterocycles. The van der Waals surface area contributed by atoms with Crippen molar-refractivity contribution in [2.45, 2.75) is 19.6 Å². The Labute approximate surface area is 196 Å². The minimum absolute atomic E-state index is 0.152. The van der Waals surface area contributed by atoms with Gasteiger partial charge in [0.05, 0.1) is 11.9 Å². The van der Waals surface area contributed by atoms with Gasteiger partial charge in [0.25, 0.3) is 5.56 Å². The number of aliphatic hydroxyl groups excluding tert-OH is 1. The van der Waals surface area contributed by atoms with Crippen LogP contribution in [0.2, 0.25) is 0 Å². The Bertz CT molecular complexity index is 1280. The number of aliphatic hydroxyl groups is 1. The van der Waals surface area contributed by atoms with Gasteiger partial charge in [-0.1, -0.05) is 48.5 Å². The number of rotatable bonds is 10. The van der Waals surface area contributed by atoms with E-state index in [1.807, 2.05) is 71.8 Å². The summed E-state index contributed by atoms with van der Waals surface area (Å²) in [6, 6.07) is 17.4. The standard InChI is InChI=1S/C26H27N3O3S/c1-3-13-29(14-19(30)16-32-20-10-5-4-6-11-20)15-23-27-25(31)24-22(17-33-26(24)28-23)21-12-8-7-9-18(21)2/h3-12,17,19,30H,1,13-16H2,2H3,(H,27,28,31). The molecule has 170 valence electrons. The van der Waals surface area contributed by atoms with Gasteiger partial charge < -0.3 is 14.8 Å². The maximum absolute atomic E-state index is 13.0. The zero-order valence-electron chi connectivity index (χ0n) is 18.5. The maximum atomic E-state index is 13.0. The highest BCUT2D eigenvalue weighted by Crippen LogP contribution is 2.32. The van der Waals surface area contributed by atoms with Gasteiger partial charge in [0.2, 0.25) is 0 Å². The molecule has 4 rings (SSSR count). The fourth-order valence-electron chi connectivity index (χ4n) is 3.80. The smallest absolute Gasteiger partial charge is 0.260 e. The fourth-order valence-corrected chi connectivity index (χ4v) is 4.76. The number of ether oxygens (including phenoxy) is 1. The first-order valence-corrected chi connectivity index (χ1v) is 11.7. The summed E-state index contributed by atoms with van der Waals surface area (Å²) < 4.78 is 5.65. The Morgan fingerprint density at radius 1 is 1.18 bits per heavy atom. The van der Waals surface area contributed by atoms with E-state index in [2.05, 4.69) is 11.6 Å². The van der Waals surface area contributed by atoms with Gasteiger partial charge in [-0.3, -0.25) is 9.69 Å². The lowest BCUT2D eigenvalue weighted by molar-refractivity contribution is 0.0689. The predicted molar refractivity (Wildman–Crippen MR) is 134 cm³/mol. The number of thiophene rings is 1. The van der Waals surface area contributed by atoms with Crippen molar-refractivity contribution in [2.75, 3.05) is 19.7 Å². The van der Waals surface area contributed by atoms with E-state index < -0.39 is 6.10 Å². The number of benzene rings is 2. The number of H-pyrrole nitrogens is 1. The first-order chi connectivity index (χ1) is 16.0. The molecule has 2 aromatic carbocycles. The van der Waals surface area contributed by atoms with Crippen LogP contribution in [0.3, 0.4) is 0 Å².